The molecule has 1 heterocycles. The number of carbonyl (C=O) groups excluding carboxylic acids is 1. The minimum absolute atomic E-state index is 0.0112. The Balaban J connectivity index is 1.90. The van der Waals surface area contributed by atoms with Gasteiger partial charge in [0.05, 0.1) is 13.2 Å². The van der Waals surface area contributed by atoms with E-state index in [1.807, 2.05) is 0 Å². The first kappa shape index (κ1) is 14.8. The van der Waals surface area contributed by atoms with E-state index in [9.17, 15) is 4.79 Å². The van der Waals surface area contributed by atoms with E-state index >= 15 is 0 Å². The highest BCUT2D eigenvalue weighted by Gasteiger charge is 2.41. The summed E-state index contributed by atoms with van der Waals surface area (Å²) in [7, 11) is 0. The van der Waals surface area contributed by atoms with E-state index < -0.39 is 0 Å². The molecule has 1 saturated carbocycles. The van der Waals surface area contributed by atoms with Crippen molar-refractivity contribution in [2.45, 2.75) is 64.6 Å². The van der Waals surface area contributed by atoms with Gasteiger partial charge < -0.3 is 14.8 Å². The highest BCUT2D eigenvalue weighted by molar-refractivity contribution is 5.72. The Hall–Kier alpha value is -0.610. The van der Waals surface area contributed by atoms with Crippen molar-refractivity contribution in [3.63, 3.8) is 0 Å². The van der Waals surface area contributed by atoms with E-state index in [1.165, 1.54) is 38.5 Å². The zero-order valence-corrected chi connectivity index (χ0v) is 12.1. The van der Waals surface area contributed by atoms with Crippen molar-refractivity contribution < 1.29 is 14.3 Å². The molecule has 0 aromatic carbocycles. The Kier molecular flexibility index (Phi) is 5.64. The fourth-order valence-corrected chi connectivity index (χ4v) is 3.45. The van der Waals surface area contributed by atoms with Crippen molar-refractivity contribution in [3.8, 4) is 0 Å². The smallest absolute Gasteiger partial charge is 0.216 e. The van der Waals surface area contributed by atoms with Crippen molar-refractivity contribution in [2.24, 2.45) is 5.41 Å². The van der Waals surface area contributed by atoms with Crippen LogP contribution < -0.4 is 5.32 Å². The molecular weight excluding hydrogens is 242 g/mol. The molecule has 0 radical (unpaired) electrons. The summed E-state index contributed by atoms with van der Waals surface area (Å²) in [5.41, 5.74) is 0.186. The average molecular weight is 269 g/mol. The van der Waals surface area contributed by atoms with Gasteiger partial charge in [0.2, 0.25) is 5.91 Å². The maximum atomic E-state index is 10.9. The first-order valence-corrected chi connectivity index (χ1v) is 7.71. The summed E-state index contributed by atoms with van der Waals surface area (Å²) >= 11 is 0. The largest absolute Gasteiger partial charge is 0.356 e. The van der Waals surface area contributed by atoms with Crippen LogP contribution in [0.2, 0.25) is 0 Å². The van der Waals surface area contributed by atoms with Gasteiger partial charge in [-0.3, -0.25) is 4.79 Å². The van der Waals surface area contributed by atoms with Crippen LogP contribution in [-0.2, 0) is 14.3 Å². The molecule has 19 heavy (non-hydrogen) atoms. The molecule has 0 atom stereocenters. The fraction of sp³-hybridized carbons (Fsp3) is 0.933. The van der Waals surface area contributed by atoms with Crippen LogP contribution in [0.25, 0.3) is 0 Å². The molecular formula is C15H27NO3. The van der Waals surface area contributed by atoms with E-state index in [1.54, 1.807) is 6.92 Å². The third kappa shape index (κ3) is 4.18. The number of carbonyl (C=O) groups is 1. The number of rotatable bonds is 5. The van der Waals surface area contributed by atoms with Gasteiger partial charge in [0, 0.05) is 18.9 Å². The van der Waals surface area contributed by atoms with Gasteiger partial charge >= 0.3 is 0 Å². The molecule has 1 aliphatic heterocycles. The van der Waals surface area contributed by atoms with Crippen LogP contribution in [-0.4, -0.2) is 32.0 Å². The molecule has 2 rings (SSSR count). The Labute approximate surface area is 116 Å². The molecule has 110 valence electrons. The monoisotopic (exact) mass is 269 g/mol. The summed E-state index contributed by atoms with van der Waals surface area (Å²) in [6.07, 6.45) is 9.74. The number of hydrogen-bond donors (Lipinski definition) is 1. The summed E-state index contributed by atoms with van der Waals surface area (Å²) in [4.78, 5) is 10.9. The summed E-state index contributed by atoms with van der Waals surface area (Å²) in [6, 6.07) is 0. The molecule has 0 spiro atoms. The second-order valence-corrected chi connectivity index (χ2v) is 5.94. The molecule has 0 aromatic heterocycles. The van der Waals surface area contributed by atoms with E-state index in [0.29, 0.717) is 0 Å². The second-order valence-electron chi connectivity index (χ2n) is 5.94. The second kappa shape index (κ2) is 7.25. The normalized spacial score (nSPS) is 24.1. The van der Waals surface area contributed by atoms with Gasteiger partial charge in [0.25, 0.3) is 0 Å². The molecule has 1 saturated heterocycles. The number of nitrogens with one attached hydrogen (secondary N) is 1. The van der Waals surface area contributed by atoms with Crippen molar-refractivity contribution in [3.05, 3.63) is 0 Å². The van der Waals surface area contributed by atoms with Crippen LogP contribution in [0, 0.1) is 5.41 Å². The van der Waals surface area contributed by atoms with Crippen molar-refractivity contribution in [1.29, 1.82) is 0 Å². The molecule has 1 N–H and O–H groups in total. The topological polar surface area (TPSA) is 47.6 Å². The summed E-state index contributed by atoms with van der Waals surface area (Å²) in [5, 5.41) is 2.89. The third-order valence-electron chi connectivity index (χ3n) is 4.45. The van der Waals surface area contributed by atoms with Gasteiger partial charge in [-0.15, -0.1) is 0 Å². The van der Waals surface area contributed by atoms with Crippen molar-refractivity contribution in [2.75, 3.05) is 19.8 Å². The molecule has 1 amide bonds. The molecule has 4 heteroatoms. The predicted molar refractivity (Wildman–Crippen MR) is 73.7 cm³/mol. The SMILES string of the molecule is CC(=O)NCCCC1(C2OCCO2)CCCCCC1. The highest BCUT2D eigenvalue weighted by Crippen LogP contribution is 2.44. The van der Waals surface area contributed by atoms with Gasteiger partial charge in [-0.05, 0) is 25.7 Å². The Morgan fingerprint density at radius 2 is 1.79 bits per heavy atom. The summed E-state index contributed by atoms with van der Waals surface area (Å²) in [5.74, 6) is 0.0586. The minimum atomic E-state index is -0.0112. The lowest BCUT2D eigenvalue weighted by Gasteiger charge is -2.37. The van der Waals surface area contributed by atoms with Gasteiger partial charge in [-0.25, -0.2) is 0 Å². The molecule has 4 nitrogen and oxygen atoms in total. The molecule has 1 aliphatic carbocycles. The Morgan fingerprint density at radius 1 is 1.16 bits per heavy atom. The van der Waals surface area contributed by atoms with Crippen LogP contribution in [0.4, 0.5) is 0 Å². The zero-order chi connectivity index (χ0) is 13.6. The number of amides is 1. The van der Waals surface area contributed by atoms with Crippen LogP contribution >= 0.6 is 0 Å². The van der Waals surface area contributed by atoms with E-state index in [0.717, 1.165) is 32.6 Å². The predicted octanol–water partition coefficient (Wildman–Crippen LogP) is 2.62. The van der Waals surface area contributed by atoms with Gasteiger partial charge in [0.1, 0.15) is 0 Å². The molecule has 2 aliphatic rings. The first-order chi connectivity index (χ1) is 9.23. The maximum Gasteiger partial charge on any atom is 0.216 e. The number of ether oxygens (including phenoxy) is 2. The zero-order valence-electron chi connectivity index (χ0n) is 12.1. The fourth-order valence-electron chi connectivity index (χ4n) is 3.45. The Bertz CT molecular complexity index is 279. The van der Waals surface area contributed by atoms with E-state index in [-0.39, 0.29) is 17.6 Å². The summed E-state index contributed by atoms with van der Waals surface area (Å²) < 4.78 is 11.6. The first-order valence-electron chi connectivity index (χ1n) is 7.71. The Morgan fingerprint density at radius 3 is 2.37 bits per heavy atom. The number of hydrogen-bond acceptors (Lipinski definition) is 3. The van der Waals surface area contributed by atoms with Crippen LogP contribution in [0.5, 0.6) is 0 Å². The molecule has 2 fully saturated rings. The van der Waals surface area contributed by atoms with Gasteiger partial charge in [-0.2, -0.15) is 0 Å². The lowest BCUT2D eigenvalue weighted by atomic mass is 9.75. The van der Waals surface area contributed by atoms with E-state index in [2.05, 4.69) is 5.32 Å². The molecule has 0 bridgehead atoms. The molecule has 0 aromatic rings. The minimum Gasteiger partial charge on any atom is -0.356 e. The average Bonchev–Trinajstić information content (AvgIpc) is 2.82. The van der Waals surface area contributed by atoms with E-state index in [4.69, 9.17) is 9.47 Å². The lowest BCUT2D eigenvalue weighted by molar-refractivity contribution is -0.143. The standard InChI is InChI=1S/C15H27NO3/c1-13(17)16-10-6-9-15(14-18-11-12-19-14)7-4-2-3-5-8-15/h14H,2-12H2,1H3,(H,16,17). The molecule has 0 unspecified atom stereocenters. The van der Waals surface area contributed by atoms with Crippen LogP contribution in [0.15, 0.2) is 0 Å². The van der Waals surface area contributed by atoms with Crippen molar-refractivity contribution in [1.82, 2.24) is 5.32 Å². The maximum absolute atomic E-state index is 10.9. The summed E-state index contributed by atoms with van der Waals surface area (Å²) in [6.45, 7) is 3.81. The van der Waals surface area contributed by atoms with Crippen molar-refractivity contribution >= 4 is 5.91 Å². The van der Waals surface area contributed by atoms with Gasteiger partial charge in [0.15, 0.2) is 6.29 Å². The highest BCUT2D eigenvalue weighted by atomic mass is 16.7. The third-order valence-corrected chi connectivity index (χ3v) is 4.45. The van der Waals surface area contributed by atoms with Gasteiger partial charge in [-0.1, -0.05) is 25.7 Å². The van der Waals surface area contributed by atoms with Crippen LogP contribution in [0.1, 0.15) is 58.3 Å². The quantitative estimate of drug-likeness (QED) is 0.616. The van der Waals surface area contributed by atoms with Crippen LogP contribution in [0.3, 0.4) is 0 Å². The lowest BCUT2D eigenvalue weighted by Crippen LogP contribution is -2.36.